The molecule has 0 aromatic carbocycles. The number of aliphatic carboxylic acids is 1. The zero-order valence-electron chi connectivity index (χ0n) is 12.8. The van der Waals surface area contributed by atoms with Gasteiger partial charge in [-0.25, -0.2) is 4.68 Å². The van der Waals surface area contributed by atoms with E-state index >= 15 is 0 Å². The summed E-state index contributed by atoms with van der Waals surface area (Å²) < 4.78 is 30.1. The molecule has 2 unspecified atom stereocenters. The Bertz CT molecular complexity index is 647. The van der Waals surface area contributed by atoms with E-state index in [1.54, 1.807) is 17.1 Å². The predicted octanol–water partition coefficient (Wildman–Crippen LogP) is -0.0436. The Hall–Kier alpha value is -1.52. The molecule has 2 saturated heterocycles. The van der Waals surface area contributed by atoms with E-state index in [4.69, 9.17) is 5.11 Å². The highest BCUT2D eigenvalue weighted by Gasteiger charge is 2.38. The van der Waals surface area contributed by atoms with Crippen LogP contribution in [-0.4, -0.2) is 69.3 Å². The summed E-state index contributed by atoms with van der Waals surface area (Å²) in [5.74, 6) is -1.54. The number of hydrogen-bond donors (Lipinski definition) is 1. The number of hydrogen-bond acceptors (Lipinski definition) is 5. The molecule has 0 bridgehead atoms. The lowest BCUT2D eigenvalue weighted by Crippen LogP contribution is -2.51. The highest BCUT2D eigenvalue weighted by molar-refractivity contribution is 7.86. The Morgan fingerprint density at radius 2 is 1.83 bits per heavy atom. The lowest BCUT2D eigenvalue weighted by molar-refractivity contribution is -0.142. The molecule has 2 aliphatic heterocycles. The summed E-state index contributed by atoms with van der Waals surface area (Å²) in [5, 5.41) is 16.9. The molecule has 128 valence electrons. The number of nitrogens with zero attached hydrogens (tertiary/aromatic N) is 5. The van der Waals surface area contributed by atoms with E-state index in [1.165, 1.54) is 8.61 Å². The summed E-state index contributed by atoms with van der Waals surface area (Å²) in [4.78, 5) is 11.2. The second-order valence-electron chi connectivity index (χ2n) is 6.08. The molecule has 10 heteroatoms. The van der Waals surface area contributed by atoms with Crippen LogP contribution < -0.4 is 0 Å². The van der Waals surface area contributed by atoms with Crippen molar-refractivity contribution in [1.29, 1.82) is 0 Å². The van der Waals surface area contributed by atoms with Gasteiger partial charge in [0.05, 0.1) is 18.2 Å². The van der Waals surface area contributed by atoms with Crippen molar-refractivity contribution in [3.63, 3.8) is 0 Å². The largest absolute Gasteiger partial charge is 0.481 e. The summed E-state index contributed by atoms with van der Waals surface area (Å²) in [6, 6.07) is -0.0268. The van der Waals surface area contributed by atoms with Gasteiger partial charge in [-0.2, -0.15) is 17.0 Å². The first-order valence-electron chi connectivity index (χ1n) is 7.82. The first kappa shape index (κ1) is 16.3. The molecule has 1 N–H and O–H groups in total. The zero-order chi connectivity index (χ0) is 16.4. The van der Waals surface area contributed by atoms with Crippen LogP contribution >= 0.6 is 0 Å². The topological polar surface area (TPSA) is 109 Å². The normalized spacial score (nSPS) is 27.8. The molecule has 2 fully saturated rings. The van der Waals surface area contributed by atoms with Crippen LogP contribution in [0.3, 0.4) is 0 Å². The Balaban J connectivity index is 1.72. The number of aromatic nitrogens is 3. The third-order valence-corrected chi connectivity index (χ3v) is 6.53. The van der Waals surface area contributed by atoms with Gasteiger partial charge < -0.3 is 5.11 Å². The number of piperidine rings is 2. The van der Waals surface area contributed by atoms with Gasteiger partial charge in [-0.15, -0.1) is 5.10 Å². The van der Waals surface area contributed by atoms with Crippen LogP contribution in [0.15, 0.2) is 12.4 Å². The van der Waals surface area contributed by atoms with Crippen molar-refractivity contribution < 1.29 is 18.3 Å². The van der Waals surface area contributed by atoms with Crippen LogP contribution in [0.25, 0.3) is 0 Å². The first-order valence-corrected chi connectivity index (χ1v) is 9.22. The fourth-order valence-corrected chi connectivity index (χ4v) is 5.05. The molecule has 0 aliphatic carbocycles. The molecule has 23 heavy (non-hydrogen) atoms. The van der Waals surface area contributed by atoms with Crippen molar-refractivity contribution in [2.24, 2.45) is 5.92 Å². The summed E-state index contributed by atoms with van der Waals surface area (Å²) in [6.45, 7) is 1.25. The van der Waals surface area contributed by atoms with E-state index in [0.29, 0.717) is 32.5 Å². The Morgan fingerprint density at radius 1 is 1.13 bits per heavy atom. The number of carboxylic acids is 1. The Morgan fingerprint density at radius 3 is 2.48 bits per heavy atom. The molecule has 1 aromatic rings. The van der Waals surface area contributed by atoms with Crippen molar-refractivity contribution in [2.75, 3.05) is 26.2 Å². The molecular formula is C13H21N5O4S. The van der Waals surface area contributed by atoms with Crippen molar-refractivity contribution in [3.05, 3.63) is 12.4 Å². The molecule has 3 rings (SSSR count). The van der Waals surface area contributed by atoms with Crippen molar-refractivity contribution in [2.45, 2.75) is 31.7 Å². The van der Waals surface area contributed by atoms with Gasteiger partial charge in [0.15, 0.2) is 0 Å². The highest BCUT2D eigenvalue weighted by atomic mass is 32.2. The van der Waals surface area contributed by atoms with E-state index in [2.05, 4.69) is 10.3 Å². The molecule has 0 amide bonds. The third-order valence-electron chi connectivity index (χ3n) is 4.56. The van der Waals surface area contributed by atoms with Gasteiger partial charge in [0, 0.05) is 32.4 Å². The van der Waals surface area contributed by atoms with Crippen LogP contribution in [0.4, 0.5) is 0 Å². The molecule has 1 aromatic heterocycles. The van der Waals surface area contributed by atoms with E-state index in [0.717, 1.165) is 12.8 Å². The minimum atomic E-state index is -3.63. The molecule has 2 atom stereocenters. The SMILES string of the molecule is O=C(O)C1CCCN(S(=O)(=O)N2CCCC(n3ccnn3)C2)C1. The summed E-state index contributed by atoms with van der Waals surface area (Å²) >= 11 is 0. The standard InChI is InChI=1S/C13H21N5O4S/c19-13(20)11-3-1-6-16(9-11)23(21,22)17-7-2-4-12(10-17)18-8-5-14-15-18/h5,8,11-12H,1-4,6-7,9-10H2,(H,19,20). The number of carboxylic acid groups (broad SMARTS) is 1. The minimum Gasteiger partial charge on any atom is -0.481 e. The molecule has 0 radical (unpaired) electrons. The van der Waals surface area contributed by atoms with E-state index in [9.17, 15) is 13.2 Å². The molecule has 3 heterocycles. The highest BCUT2D eigenvalue weighted by Crippen LogP contribution is 2.27. The quantitative estimate of drug-likeness (QED) is 0.821. The monoisotopic (exact) mass is 343 g/mol. The minimum absolute atomic E-state index is 0.0268. The summed E-state index contributed by atoms with van der Waals surface area (Å²) in [5.41, 5.74) is 0. The van der Waals surface area contributed by atoms with Crippen molar-refractivity contribution >= 4 is 16.2 Å². The zero-order valence-corrected chi connectivity index (χ0v) is 13.6. The third kappa shape index (κ3) is 3.38. The lowest BCUT2D eigenvalue weighted by Gasteiger charge is -2.37. The van der Waals surface area contributed by atoms with Gasteiger partial charge in [-0.3, -0.25) is 4.79 Å². The fraction of sp³-hybridized carbons (Fsp3) is 0.769. The maximum atomic E-state index is 12.8. The van der Waals surface area contributed by atoms with Crippen molar-refractivity contribution in [3.8, 4) is 0 Å². The van der Waals surface area contributed by atoms with Gasteiger partial charge in [0.25, 0.3) is 10.2 Å². The molecule has 2 aliphatic rings. The van der Waals surface area contributed by atoms with Gasteiger partial charge in [-0.1, -0.05) is 5.21 Å². The van der Waals surface area contributed by atoms with E-state index in [-0.39, 0.29) is 12.6 Å². The molecule has 9 nitrogen and oxygen atoms in total. The average molecular weight is 343 g/mol. The van der Waals surface area contributed by atoms with Gasteiger partial charge in [0.2, 0.25) is 0 Å². The smallest absolute Gasteiger partial charge is 0.307 e. The lowest BCUT2D eigenvalue weighted by atomic mass is 10.0. The van der Waals surface area contributed by atoms with Crippen molar-refractivity contribution in [1.82, 2.24) is 23.6 Å². The average Bonchev–Trinajstić information content (AvgIpc) is 3.09. The van der Waals surface area contributed by atoms with Crippen LogP contribution in [0, 0.1) is 5.92 Å². The summed E-state index contributed by atoms with van der Waals surface area (Å²) in [7, 11) is -3.63. The fourth-order valence-electron chi connectivity index (χ4n) is 3.28. The Labute approximate surface area is 135 Å². The molecule has 0 saturated carbocycles. The molecule has 0 spiro atoms. The first-order chi connectivity index (χ1) is 11.0. The second-order valence-corrected chi connectivity index (χ2v) is 8.01. The van der Waals surface area contributed by atoms with Crippen LogP contribution in [0.2, 0.25) is 0 Å². The van der Waals surface area contributed by atoms with Gasteiger partial charge in [0.1, 0.15) is 0 Å². The van der Waals surface area contributed by atoms with Gasteiger partial charge >= 0.3 is 5.97 Å². The Kier molecular flexibility index (Phi) is 4.64. The van der Waals surface area contributed by atoms with E-state index < -0.39 is 22.1 Å². The predicted molar refractivity (Wildman–Crippen MR) is 80.7 cm³/mol. The summed E-state index contributed by atoms with van der Waals surface area (Å²) in [6.07, 6.45) is 6.03. The molecular weight excluding hydrogens is 322 g/mol. The van der Waals surface area contributed by atoms with Crippen LogP contribution in [0.1, 0.15) is 31.7 Å². The number of carbonyl (C=O) groups is 1. The van der Waals surface area contributed by atoms with Gasteiger partial charge in [-0.05, 0) is 25.7 Å². The maximum Gasteiger partial charge on any atom is 0.307 e. The number of rotatable bonds is 4. The maximum absolute atomic E-state index is 12.8. The van der Waals surface area contributed by atoms with Crippen LogP contribution in [-0.2, 0) is 15.0 Å². The van der Waals surface area contributed by atoms with Crippen LogP contribution in [0.5, 0.6) is 0 Å². The van der Waals surface area contributed by atoms with E-state index in [1.807, 2.05) is 0 Å². The second kappa shape index (κ2) is 6.54.